The summed E-state index contributed by atoms with van der Waals surface area (Å²) in [5.41, 5.74) is 3.20. The van der Waals surface area contributed by atoms with Crippen molar-refractivity contribution in [2.45, 2.75) is 4.90 Å². The maximum atomic E-state index is 11.8. The number of hydrogen-bond donors (Lipinski definition) is 1. The Morgan fingerprint density at radius 3 is 2.62 bits per heavy atom. The Hall–Kier alpha value is -2.18. The number of halogens is 1. The van der Waals surface area contributed by atoms with Gasteiger partial charge in [0.25, 0.3) is 0 Å². The van der Waals surface area contributed by atoms with Crippen molar-refractivity contribution in [2.75, 3.05) is 20.0 Å². The number of ether oxygens (including phenoxy) is 2. The zero-order valence-electron chi connectivity index (χ0n) is 13.3. The van der Waals surface area contributed by atoms with E-state index in [-0.39, 0.29) is 11.7 Å². The van der Waals surface area contributed by atoms with Crippen LogP contribution in [0.4, 0.5) is 0 Å². The average Bonchev–Trinajstić information content (AvgIpc) is 2.61. The largest absolute Gasteiger partial charge is 0.493 e. The normalized spacial score (nSPS) is 10.6. The Kier molecular flexibility index (Phi) is 6.96. The van der Waals surface area contributed by atoms with Gasteiger partial charge in [-0.2, -0.15) is 5.10 Å². The summed E-state index contributed by atoms with van der Waals surface area (Å²) in [6.07, 6.45) is 1.52. The van der Waals surface area contributed by atoms with Crippen LogP contribution in [0.3, 0.4) is 0 Å². The minimum absolute atomic E-state index is 0.201. The number of para-hydroxylation sites is 1. The van der Waals surface area contributed by atoms with Crippen LogP contribution in [0.5, 0.6) is 11.5 Å². The predicted octanol–water partition coefficient (Wildman–Crippen LogP) is 3.60. The molecule has 0 unspecified atom stereocenters. The number of amides is 1. The molecule has 0 saturated carbocycles. The van der Waals surface area contributed by atoms with Crippen LogP contribution in [0.25, 0.3) is 0 Å². The van der Waals surface area contributed by atoms with Crippen molar-refractivity contribution in [2.24, 2.45) is 5.10 Å². The maximum absolute atomic E-state index is 11.8. The van der Waals surface area contributed by atoms with Crippen LogP contribution < -0.4 is 14.9 Å². The van der Waals surface area contributed by atoms with Crippen LogP contribution in [-0.4, -0.2) is 32.1 Å². The number of hydrogen-bond acceptors (Lipinski definition) is 5. The van der Waals surface area contributed by atoms with Gasteiger partial charge in [0.05, 0.1) is 26.2 Å². The quantitative estimate of drug-likeness (QED) is 0.463. The Labute approximate surface area is 150 Å². The first-order valence-electron chi connectivity index (χ1n) is 7.05. The van der Waals surface area contributed by atoms with Crippen LogP contribution >= 0.6 is 23.4 Å². The van der Waals surface area contributed by atoms with Gasteiger partial charge in [0.2, 0.25) is 5.91 Å². The second kappa shape index (κ2) is 9.20. The average molecular weight is 365 g/mol. The monoisotopic (exact) mass is 364 g/mol. The molecule has 0 heterocycles. The molecular formula is C17H17ClN2O3S. The van der Waals surface area contributed by atoms with Crippen molar-refractivity contribution in [3.8, 4) is 11.5 Å². The predicted molar refractivity (Wildman–Crippen MR) is 97.5 cm³/mol. The molecule has 0 aliphatic heterocycles. The molecule has 1 N–H and O–H groups in total. The third-order valence-electron chi connectivity index (χ3n) is 3.01. The summed E-state index contributed by atoms with van der Waals surface area (Å²) in [4.78, 5) is 12.8. The van der Waals surface area contributed by atoms with E-state index in [0.29, 0.717) is 22.1 Å². The van der Waals surface area contributed by atoms with Gasteiger partial charge < -0.3 is 9.47 Å². The van der Waals surface area contributed by atoms with E-state index in [1.165, 1.54) is 18.0 Å². The number of rotatable bonds is 7. The summed E-state index contributed by atoms with van der Waals surface area (Å²) < 4.78 is 10.5. The molecule has 0 aromatic heterocycles. The summed E-state index contributed by atoms with van der Waals surface area (Å²) in [6, 6.07) is 12.7. The number of thioether (sulfide) groups is 1. The van der Waals surface area contributed by atoms with Gasteiger partial charge in [-0.05, 0) is 36.4 Å². The lowest BCUT2D eigenvalue weighted by atomic mass is 10.2. The fourth-order valence-corrected chi connectivity index (χ4v) is 2.72. The van der Waals surface area contributed by atoms with Crippen molar-refractivity contribution in [3.05, 3.63) is 53.1 Å². The summed E-state index contributed by atoms with van der Waals surface area (Å²) in [6.45, 7) is 0. The van der Waals surface area contributed by atoms with Crippen LogP contribution in [0.1, 0.15) is 5.56 Å². The highest BCUT2D eigenvalue weighted by Gasteiger charge is 2.07. The number of nitrogens with zero attached hydrogens (tertiary/aromatic N) is 1. The minimum atomic E-state index is -0.201. The first-order chi connectivity index (χ1) is 11.6. The van der Waals surface area contributed by atoms with Crippen molar-refractivity contribution in [3.63, 3.8) is 0 Å². The van der Waals surface area contributed by atoms with Crippen molar-refractivity contribution in [1.29, 1.82) is 0 Å². The Morgan fingerprint density at radius 2 is 1.96 bits per heavy atom. The summed E-state index contributed by atoms with van der Waals surface area (Å²) in [5, 5.41) is 4.62. The smallest absolute Gasteiger partial charge is 0.250 e. The number of carbonyl (C=O) groups is 1. The van der Waals surface area contributed by atoms with Crippen molar-refractivity contribution >= 4 is 35.5 Å². The molecule has 2 aromatic rings. The van der Waals surface area contributed by atoms with E-state index in [1.54, 1.807) is 32.4 Å². The zero-order chi connectivity index (χ0) is 17.4. The lowest BCUT2D eigenvalue weighted by molar-refractivity contribution is -0.118. The summed E-state index contributed by atoms with van der Waals surface area (Å²) in [7, 11) is 3.12. The molecule has 0 spiro atoms. The molecule has 7 heteroatoms. The van der Waals surface area contributed by atoms with Crippen molar-refractivity contribution < 1.29 is 14.3 Å². The van der Waals surface area contributed by atoms with Gasteiger partial charge in [-0.3, -0.25) is 4.79 Å². The van der Waals surface area contributed by atoms with Gasteiger partial charge in [-0.15, -0.1) is 11.8 Å². The van der Waals surface area contributed by atoms with E-state index < -0.39 is 0 Å². The van der Waals surface area contributed by atoms with Gasteiger partial charge in [0.1, 0.15) is 0 Å². The lowest BCUT2D eigenvalue weighted by Crippen LogP contribution is -2.19. The number of methoxy groups -OCH3 is 2. The van der Waals surface area contributed by atoms with E-state index in [2.05, 4.69) is 10.5 Å². The molecular weight excluding hydrogens is 348 g/mol. The molecule has 0 fully saturated rings. The summed E-state index contributed by atoms with van der Waals surface area (Å²) >= 11 is 7.23. The van der Waals surface area contributed by atoms with E-state index >= 15 is 0 Å². The molecule has 0 aliphatic carbocycles. The highest BCUT2D eigenvalue weighted by atomic mass is 35.5. The molecule has 0 saturated heterocycles. The molecule has 0 radical (unpaired) electrons. The Bertz CT molecular complexity index is 720. The maximum Gasteiger partial charge on any atom is 0.250 e. The molecule has 0 atom stereocenters. The Morgan fingerprint density at radius 1 is 1.21 bits per heavy atom. The SMILES string of the molecule is COc1cccc(/C=N/NC(=O)CSc2ccc(Cl)cc2)c1OC. The van der Waals surface area contributed by atoms with Crippen LogP contribution in [0.15, 0.2) is 52.5 Å². The minimum Gasteiger partial charge on any atom is -0.493 e. The van der Waals surface area contributed by atoms with E-state index in [4.69, 9.17) is 21.1 Å². The topological polar surface area (TPSA) is 59.9 Å². The molecule has 5 nitrogen and oxygen atoms in total. The molecule has 24 heavy (non-hydrogen) atoms. The fourth-order valence-electron chi connectivity index (χ4n) is 1.90. The second-order valence-corrected chi connectivity index (χ2v) is 6.10. The lowest BCUT2D eigenvalue weighted by Gasteiger charge is -2.09. The van der Waals surface area contributed by atoms with Gasteiger partial charge in [0.15, 0.2) is 11.5 Å². The van der Waals surface area contributed by atoms with Gasteiger partial charge in [-0.1, -0.05) is 17.7 Å². The van der Waals surface area contributed by atoms with E-state index in [1.807, 2.05) is 24.3 Å². The number of hydrazone groups is 1. The second-order valence-electron chi connectivity index (χ2n) is 4.62. The van der Waals surface area contributed by atoms with Crippen LogP contribution in [0.2, 0.25) is 5.02 Å². The van der Waals surface area contributed by atoms with Crippen LogP contribution in [0, 0.1) is 0 Å². The number of nitrogens with one attached hydrogen (secondary N) is 1. The molecule has 2 rings (SSSR count). The number of carbonyl (C=O) groups excluding carboxylic acids is 1. The first-order valence-corrected chi connectivity index (χ1v) is 8.41. The number of benzene rings is 2. The van der Waals surface area contributed by atoms with E-state index in [9.17, 15) is 4.79 Å². The molecule has 0 bridgehead atoms. The molecule has 126 valence electrons. The molecule has 0 aliphatic rings. The van der Waals surface area contributed by atoms with Crippen LogP contribution in [-0.2, 0) is 4.79 Å². The zero-order valence-corrected chi connectivity index (χ0v) is 14.9. The van der Waals surface area contributed by atoms with E-state index in [0.717, 1.165) is 4.90 Å². The van der Waals surface area contributed by atoms with Gasteiger partial charge >= 0.3 is 0 Å². The standard InChI is InChI=1S/C17H17ClN2O3S/c1-22-15-5-3-4-12(17(15)23-2)10-19-20-16(21)11-24-14-8-6-13(18)7-9-14/h3-10H,11H2,1-2H3,(H,20,21)/b19-10+. The third kappa shape index (κ3) is 5.18. The summed E-state index contributed by atoms with van der Waals surface area (Å²) in [5.74, 6) is 1.22. The fraction of sp³-hybridized carbons (Fsp3) is 0.176. The highest BCUT2D eigenvalue weighted by molar-refractivity contribution is 8.00. The molecule has 2 aromatic carbocycles. The third-order valence-corrected chi connectivity index (χ3v) is 4.27. The van der Waals surface area contributed by atoms with Crippen molar-refractivity contribution in [1.82, 2.24) is 5.43 Å². The molecule has 1 amide bonds. The highest BCUT2D eigenvalue weighted by Crippen LogP contribution is 2.29. The Balaban J connectivity index is 1.89. The van der Waals surface area contributed by atoms with Gasteiger partial charge in [0, 0.05) is 15.5 Å². The first kappa shape index (κ1) is 18.2. The van der Waals surface area contributed by atoms with Gasteiger partial charge in [-0.25, -0.2) is 5.43 Å².